The van der Waals surface area contributed by atoms with E-state index in [1.807, 2.05) is 22.9 Å². The minimum absolute atomic E-state index is 0.0255. The number of rotatable bonds is 6. The Bertz CT molecular complexity index is 660. The molecule has 1 aliphatic heterocycles. The molecule has 1 aliphatic rings. The molecule has 6 nitrogen and oxygen atoms in total. The largest absolute Gasteiger partial charge is 0.508 e. The van der Waals surface area contributed by atoms with E-state index in [-0.39, 0.29) is 18.2 Å². The van der Waals surface area contributed by atoms with Crippen LogP contribution in [0.3, 0.4) is 0 Å². The summed E-state index contributed by atoms with van der Waals surface area (Å²) in [6, 6.07) is 9.06. The smallest absolute Gasteiger partial charge is 0.241 e. The van der Waals surface area contributed by atoms with Crippen molar-refractivity contribution in [1.29, 1.82) is 0 Å². The molecule has 2 aromatic rings. The Labute approximate surface area is 141 Å². The van der Waals surface area contributed by atoms with Crippen LogP contribution in [-0.4, -0.2) is 40.4 Å². The number of piperidine rings is 1. The minimum atomic E-state index is -0.0255. The molecule has 1 unspecified atom stereocenters. The second-order valence-electron chi connectivity index (χ2n) is 6.22. The molecule has 3 rings (SSSR count). The number of nitrogens with zero attached hydrogens (tertiary/aromatic N) is 2. The molecular weight excluding hydrogens is 304 g/mol. The van der Waals surface area contributed by atoms with Gasteiger partial charge in [0.2, 0.25) is 5.91 Å². The number of aromatic nitrogens is 2. The number of carbonyl (C=O) groups is 1. The van der Waals surface area contributed by atoms with Crippen molar-refractivity contribution >= 4 is 5.91 Å². The highest BCUT2D eigenvalue weighted by Crippen LogP contribution is 2.22. The van der Waals surface area contributed by atoms with Crippen LogP contribution >= 0.6 is 0 Å². The van der Waals surface area contributed by atoms with Crippen molar-refractivity contribution in [2.45, 2.75) is 31.7 Å². The predicted octanol–water partition coefficient (Wildman–Crippen LogP) is 1.41. The average molecular weight is 328 g/mol. The lowest BCUT2D eigenvalue weighted by Crippen LogP contribution is -2.33. The minimum Gasteiger partial charge on any atom is -0.508 e. The summed E-state index contributed by atoms with van der Waals surface area (Å²) in [4.78, 5) is 12.2. The first kappa shape index (κ1) is 16.5. The predicted molar refractivity (Wildman–Crippen MR) is 91.9 cm³/mol. The van der Waals surface area contributed by atoms with Gasteiger partial charge in [-0.1, -0.05) is 12.1 Å². The molecule has 24 heavy (non-hydrogen) atoms. The summed E-state index contributed by atoms with van der Waals surface area (Å²) < 4.78 is 1.81. The van der Waals surface area contributed by atoms with Crippen LogP contribution in [0.15, 0.2) is 36.5 Å². The summed E-state index contributed by atoms with van der Waals surface area (Å²) in [7, 11) is 0. The fourth-order valence-electron chi connectivity index (χ4n) is 3.13. The maximum atomic E-state index is 12.2. The van der Waals surface area contributed by atoms with E-state index in [2.05, 4.69) is 15.7 Å². The lowest BCUT2D eigenvalue weighted by molar-refractivity contribution is -0.121. The van der Waals surface area contributed by atoms with Gasteiger partial charge in [-0.15, -0.1) is 0 Å². The molecule has 0 bridgehead atoms. The first-order valence-electron chi connectivity index (χ1n) is 8.49. The standard InChI is InChI=1S/C18H24N4O2/c23-16-5-3-14(4-6-16)7-10-20-18(24)13-22-17(8-11-21-22)15-2-1-9-19-12-15/h3-6,8,11,15,19,23H,1-2,7,9-10,12-13H2,(H,20,24). The summed E-state index contributed by atoms with van der Waals surface area (Å²) in [5.74, 6) is 0.666. The molecule has 1 atom stereocenters. The van der Waals surface area contributed by atoms with Gasteiger partial charge in [0, 0.05) is 30.9 Å². The number of carbonyl (C=O) groups excluding carboxylic acids is 1. The van der Waals surface area contributed by atoms with Gasteiger partial charge in [0.05, 0.1) is 0 Å². The summed E-state index contributed by atoms with van der Waals surface area (Å²) in [5.41, 5.74) is 2.22. The molecule has 1 amide bonds. The third kappa shape index (κ3) is 4.35. The van der Waals surface area contributed by atoms with Gasteiger partial charge in [-0.05, 0) is 49.6 Å². The first-order valence-corrected chi connectivity index (χ1v) is 8.49. The second-order valence-corrected chi connectivity index (χ2v) is 6.22. The quantitative estimate of drug-likeness (QED) is 0.749. The number of nitrogens with one attached hydrogen (secondary N) is 2. The van der Waals surface area contributed by atoms with Crippen molar-refractivity contribution in [3.63, 3.8) is 0 Å². The maximum Gasteiger partial charge on any atom is 0.241 e. The van der Waals surface area contributed by atoms with Crippen LogP contribution in [0.5, 0.6) is 5.75 Å². The van der Waals surface area contributed by atoms with E-state index in [4.69, 9.17) is 0 Å². The molecule has 1 fully saturated rings. The van der Waals surface area contributed by atoms with Gasteiger partial charge in [-0.2, -0.15) is 5.10 Å². The fraction of sp³-hybridized carbons (Fsp3) is 0.444. The Balaban J connectivity index is 1.48. The number of aromatic hydroxyl groups is 1. The third-order valence-electron chi connectivity index (χ3n) is 4.43. The highest BCUT2D eigenvalue weighted by Gasteiger charge is 2.19. The Hall–Kier alpha value is -2.34. The molecule has 0 spiro atoms. The Morgan fingerprint density at radius 2 is 2.17 bits per heavy atom. The zero-order valence-corrected chi connectivity index (χ0v) is 13.7. The first-order chi connectivity index (χ1) is 11.7. The van der Waals surface area contributed by atoms with Crippen LogP contribution in [0, 0.1) is 0 Å². The highest BCUT2D eigenvalue weighted by atomic mass is 16.3. The van der Waals surface area contributed by atoms with Crippen molar-refractivity contribution < 1.29 is 9.90 Å². The maximum absolute atomic E-state index is 12.2. The van der Waals surface area contributed by atoms with E-state index in [0.29, 0.717) is 12.5 Å². The van der Waals surface area contributed by atoms with E-state index in [0.717, 1.165) is 43.6 Å². The number of phenolic OH excluding ortho intramolecular Hbond substituents is 1. The van der Waals surface area contributed by atoms with Crippen molar-refractivity contribution in [2.24, 2.45) is 0 Å². The molecular formula is C18H24N4O2. The molecule has 1 aromatic carbocycles. The number of phenols is 1. The van der Waals surface area contributed by atoms with E-state index < -0.39 is 0 Å². The van der Waals surface area contributed by atoms with Gasteiger partial charge in [0.1, 0.15) is 12.3 Å². The van der Waals surface area contributed by atoms with E-state index in [9.17, 15) is 9.90 Å². The molecule has 0 saturated carbocycles. The van der Waals surface area contributed by atoms with Crippen LogP contribution in [0.4, 0.5) is 0 Å². The molecule has 1 saturated heterocycles. The highest BCUT2D eigenvalue weighted by molar-refractivity contribution is 5.75. The van der Waals surface area contributed by atoms with Crippen molar-refractivity contribution in [1.82, 2.24) is 20.4 Å². The SMILES string of the molecule is O=C(Cn1nccc1C1CCCNC1)NCCc1ccc(O)cc1. The Morgan fingerprint density at radius 1 is 1.33 bits per heavy atom. The van der Waals surface area contributed by atoms with Crippen LogP contribution in [0.1, 0.15) is 30.0 Å². The number of benzene rings is 1. The molecule has 0 aliphatic carbocycles. The van der Waals surface area contributed by atoms with Crippen molar-refractivity contribution in [3.05, 3.63) is 47.8 Å². The van der Waals surface area contributed by atoms with Gasteiger partial charge in [-0.3, -0.25) is 9.48 Å². The summed E-state index contributed by atoms with van der Waals surface area (Å²) in [6.45, 7) is 2.86. The van der Waals surface area contributed by atoms with Crippen LogP contribution in [0.2, 0.25) is 0 Å². The van der Waals surface area contributed by atoms with E-state index in [1.165, 1.54) is 0 Å². The van der Waals surface area contributed by atoms with Gasteiger partial charge in [0.25, 0.3) is 0 Å². The molecule has 2 heterocycles. The van der Waals surface area contributed by atoms with Gasteiger partial charge >= 0.3 is 0 Å². The third-order valence-corrected chi connectivity index (χ3v) is 4.43. The zero-order valence-electron chi connectivity index (χ0n) is 13.7. The zero-order chi connectivity index (χ0) is 16.8. The Morgan fingerprint density at radius 3 is 2.92 bits per heavy atom. The summed E-state index contributed by atoms with van der Waals surface area (Å²) >= 11 is 0. The number of hydrogen-bond donors (Lipinski definition) is 3. The molecule has 0 radical (unpaired) electrons. The molecule has 1 aromatic heterocycles. The molecule has 128 valence electrons. The topological polar surface area (TPSA) is 79.2 Å². The number of hydrogen-bond acceptors (Lipinski definition) is 4. The fourth-order valence-corrected chi connectivity index (χ4v) is 3.13. The lowest BCUT2D eigenvalue weighted by Gasteiger charge is -2.23. The second kappa shape index (κ2) is 7.97. The van der Waals surface area contributed by atoms with Crippen molar-refractivity contribution in [2.75, 3.05) is 19.6 Å². The van der Waals surface area contributed by atoms with E-state index in [1.54, 1.807) is 18.3 Å². The van der Waals surface area contributed by atoms with Crippen molar-refractivity contribution in [3.8, 4) is 5.75 Å². The average Bonchev–Trinajstić information content (AvgIpc) is 3.05. The lowest BCUT2D eigenvalue weighted by atomic mass is 9.96. The van der Waals surface area contributed by atoms with Gasteiger partial charge < -0.3 is 15.7 Å². The normalized spacial score (nSPS) is 17.6. The van der Waals surface area contributed by atoms with Crippen LogP contribution in [0.25, 0.3) is 0 Å². The Kier molecular flexibility index (Phi) is 5.48. The van der Waals surface area contributed by atoms with Crippen LogP contribution in [-0.2, 0) is 17.8 Å². The van der Waals surface area contributed by atoms with Gasteiger partial charge in [0.15, 0.2) is 0 Å². The van der Waals surface area contributed by atoms with E-state index >= 15 is 0 Å². The monoisotopic (exact) mass is 328 g/mol. The van der Waals surface area contributed by atoms with Gasteiger partial charge in [-0.25, -0.2) is 0 Å². The number of amides is 1. The summed E-state index contributed by atoms with van der Waals surface area (Å²) in [5, 5.41) is 19.9. The summed E-state index contributed by atoms with van der Waals surface area (Å²) in [6.07, 6.45) is 4.81. The molecule has 3 N–H and O–H groups in total. The molecule has 6 heteroatoms. The van der Waals surface area contributed by atoms with Crippen LogP contribution < -0.4 is 10.6 Å².